The number of rotatable bonds is 5. The molecule has 4 aromatic rings. The van der Waals surface area contributed by atoms with Crippen LogP contribution in [-0.4, -0.2) is 57.8 Å². The van der Waals surface area contributed by atoms with Crippen molar-refractivity contribution in [3.05, 3.63) is 59.4 Å². The molecule has 0 spiro atoms. The Morgan fingerprint density at radius 2 is 1.97 bits per heavy atom. The van der Waals surface area contributed by atoms with E-state index in [0.29, 0.717) is 40.0 Å². The maximum atomic E-state index is 12.5. The van der Waals surface area contributed by atoms with E-state index in [2.05, 4.69) is 41.8 Å². The molecule has 3 N–H and O–H groups in total. The van der Waals surface area contributed by atoms with Gasteiger partial charge in [-0.05, 0) is 19.2 Å². The lowest BCUT2D eigenvalue weighted by Crippen LogP contribution is -2.49. The van der Waals surface area contributed by atoms with Gasteiger partial charge < -0.3 is 10.2 Å². The molecule has 0 atom stereocenters. The molecule has 170 valence electrons. The summed E-state index contributed by atoms with van der Waals surface area (Å²) in [4.78, 5) is 24.0. The Kier molecular flexibility index (Phi) is 5.84. The number of urea groups is 1. The summed E-state index contributed by atoms with van der Waals surface area (Å²) in [6, 6.07) is 14.8. The number of nitriles is 1. The molecule has 1 fully saturated rings. The van der Waals surface area contributed by atoms with Crippen LogP contribution < -0.4 is 10.6 Å². The number of likely N-dealkylation sites (tertiary alicyclic amines) is 1. The minimum Gasteiger partial charge on any atom is -0.337 e. The Balaban J connectivity index is 1.53. The smallest absolute Gasteiger partial charge is 0.320 e. The van der Waals surface area contributed by atoms with Crippen molar-refractivity contribution in [1.82, 2.24) is 30.4 Å². The molecule has 5 rings (SSSR count). The normalized spacial score (nSPS) is 13.9. The molecule has 2 aromatic carbocycles. The number of hydrogen-bond acceptors (Lipinski definition) is 6. The summed E-state index contributed by atoms with van der Waals surface area (Å²) >= 11 is 6.46. The zero-order chi connectivity index (χ0) is 23.7. The second-order valence-electron chi connectivity index (χ2n) is 8.31. The Hall–Kier alpha value is -4.00. The summed E-state index contributed by atoms with van der Waals surface area (Å²) in [6.07, 6.45) is 1.67. The SMILES string of the molecule is CN1CC(CNC(=O)Nc2nc(-c3ccccc3)c(-c3cc(Cl)c4[nH]ncc4c3)nc2C#N)C1. The quantitative estimate of drug-likeness (QED) is 0.405. The average Bonchev–Trinajstić information content (AvgIpc) is 3.31. The molecule has 1 aliphatic rings. The van der Waals surface area contributed by atoms with Crippen molar-refractivity contribution < 1.29 is 4.79 Å². The van der Waals surface area contributed by atoms with E-state index in [1.807, 2.05) is 43.4 Å². The monoisotopic (exact) mass is 472 g/mol. The van der Waals surface area contributed by atoms with E-state index in [4.69, 9.17) is 11.6 Å². The molecule has 0 aliphatic carbocycles. The molecule has 3 heterocycles. The number of H-pyrrole nitrogens is 1. The molecule has 1 saturated heterocycles. The second-order valence-corrected chi connectivity index (χ2v) is 8.72. The van der Waals surface area contributed by atoms with Gasteiger partial charge >= 0.3 is 6.03 Å². The van der Waals surface area contributed by atoms with Crippen molar-refractivity contribution in [1.29, 1.82) is 5.26 Å². The Bertz CT molecular complexity index is 1410. The first-order valence-electron chi connectivity index (χ1n) is 10.8. The Morgan fingerprint density at radius 3 is 2.71 bits per heavy atom. The van der Waals surface area contributed by atoms with Crippen molar-refractivity contribution in [2.45, 2.75) is 0 Å². The molecule has 34 heavy (non-hydrogen) atoms. The first-order chi connectivity index (χ1) is 16.5. The van der Waals surface area contributed by atoms with Crippen LogP contribution in [0.15, 0.2) is 48.7 Å². The lowest BCUT2D eigenvalue weighted by atomic mass is 10.0. The standard InChI is InChI=1S/C24H21ClN8O/c1-33-12-14(13-33)10-27-24(34)31-23-19(9-26)29-22(21(30-23)15-5-3-2-4-6-15)16-7-17-11-28-32-20(17)18(25)8-16/h2-8,11,14H,10,12-13H2,1H3,(H,28,32)(H2,27,30,31,34). The summed E-state index contributed by atoms with van der Waals surface area (Å²) in [7, 11) is 2.04. The highest BCUT2D eigenvalue weighted by Gasteiger charge is 2.24. The predicted molar refractivity (Wildman–Crippen MR) is 130 cm³/mol. The van der Waals surface area contributed by atoms with Crippen LogP contribution in [0.4, 0.5) is 10.6 Å². The van der Waals surface area contributed by atoms with E-state index >= 15 is 0 Å². The summed E-state index contributed by atoms with van der Waals surface area (Å²) in [6.45, 7) is 2.44. The molecule has 1 aliphatic heterocycles. The third kappa shape index (κ3) is 4.29. The minimum atomic E-state index is -0.421. The molecular formula is C24H21ClN8O. The highest BCUT2D eigenvalue weighted by molar-refractivity contribution is 6.35. The highest BCUT2D eigenvalue weighted by Crippen LogP contribution is 2.35. The van der Waals surface area contributed by atoms with Crippen LogP contribution >= 0.6 is 11.6 Å². The van der Waals surface area contributed by atoms with Crippen LogP contribution in [0.1, 0.15) is 5.69 Å². The van der Waals surface area contributed by atoms with Crippen LogP contribution in [0.3, 0.4) is 0 Å². The van der Waals surface area contributed by atoms with E-state index in [-0.39, 0.29) is 11.5 Å². The number of nitrogens with zero attached hydrogens (tertiary/aromatic N) is 5. The molecule has 9 nitrogen and oxygen atoms in total. The highest BCUT2D eigenvalue weighted by atomic mass is 35.5. The molecular weight excluding hydrogens is 452 g/mol. The number of nitrogens with one attached hydrogen (secondary N) is 3. The topological polar surface area (TPSA) is 123 Å². The van der Waals surface area contributed by atoms with Gasteiger partial charge in [-0.2, -0.15) is 10.4 Å². The number of aromatic nitrogens is 4. The third-order valence-corrected chi connectivity index (χ3v) is 6.04. The first kappa shape index (κ1) is 21.8. The Morgan fingerprint density at radius 1 is 1.21 bits per heavy atom. The second kappa shape index (κ2) is 9.09. The van der Waals surface area contributed by atoms with Gasteiger partial charge in [0.2, 0.25) is 0 Å². The van der Waals surface area contributed by atoms with Crippen LogP contribution in [-0.2, 0) is 0 Å². The van der Waals surface area contributed by atoms with Gasteiger partial charge in [-0.3, -0.25) is 10.4 Å². The first-order valence-corrected chi connectivity index (χ1v) is 11.1. The van der Waals surface area contributed by atoms with Crippen molar-refractivity contribution in [2.75, 3.05) is 32.0 Å². The molecule has 0 unspecified atom stereocenters. The van der Waals surface area contributed by atoms with Gasteiger partial charge in [0.15, 0.2) is 11.5 Å². The van der Waals surface area contributed by atoms with Gasteiger partial charge in [-0.15, -0.1) is 0 Å². The summed E-state index contributed by atoms with van der Waals surface area (Å²) in [5, 5.41) is 23.5. The van der Waals surface area contributed by atoms with Crippen LogP contribution in [0.25, 0.3) is 33.4 Å². The number of benzene rings is 2. The zero-order valence-electron chi connectivity index (χ0n) is 18.3. The summed E-state index contributed by atoms with van der Waals surface area (Å²) in [5.41, 5.74) is 3.21. The van der Waals surface area contributed by atoms with Crippen LogP contribution in [0.2, 0.25) is 5.02 Å². The predicted octanol–water partition coefficient (Wildman–Crippen LogP) is 3.90. The molecule has 0 saturated carbocycles. The van der Waals surface area contributed by atoms with Gasteiger partial charge in [-0.25, -0.2) is 14.8 Å². The maximum Gasteiger partial charge on any atom is 0.320 e. The number of anilines is 1. The number of aromatic amines is 1. The van der Waals surface area contributed by atoms with Crippen LogP contribution in [0.5, 0.6) is 0 Å². The van der Waals surface area contributed by atoms with Gasteiger partial charge in [0, 0.05) is 42.1 Å². The number of carbonyl (C=O) groups excluding carboxylic acids is 1. The van der Waals surface area contributed by atoms with Crippen molar-refractivity contribution in [3.63, 3.8) is 0 Å². The zero-order valence-corrected chi connectivity index (χ0v) is 19.1. The molecule has 0 bridgehead atoms. The minimum absolute atomic E-state index is 0.0108. The van der Waals surface area contributed by atoms with Gasteiger partial charge in [0.05, 0.1) is 28.1 Å². The van der Waals surface area contributed by atoms with Gasteiger partial charge in [0.25, 0.3) is 0 Å². The fraction of sp³-hybridized carbons (Fsp3) is 0.208. The third-order valence-electron chi connectivity index (χ3n) is 5.75. The van der Waals surface area contributed by atoms with E-state index in [9.17, 15) is 10.1 Å². The lowest BCUT2D eigenvalue weighted by Gasteiger charge is -2.36. The lowest BCUT2D eigenvalue weighted by molar-refractivity contribution is 0.134. The van der Waals surface area contributed by atoms with Gasteiger partial charge in [-0.1, -0.05) is 41.9 Å². The van der Waals surface area contributed by atoms with Crippen molar-refractivity contribution in [3.8, 4) is 28.6 Å². The molecule has 0 radical (unpaired) electrons. The molecule has 2 aromatic heterocycles. The van der Waals surface area contributed by atoms with Gasteiger partial charge in [0.1, 0.15) is 6.07 Å². The number of hydrogen-bond donors (Lipinski definition) is 3. The molecule has 2 amide bonds. The summed E-state index contributed by atoms with van der Waals surface area (Å²) < 4.78 is 0. The number of halogens is 1. The van der Waals surface area contributed by atoms with Crippen molar-refractivity contribution >= 4 is 34.4 Å². The number of carbonyl (C=O) groups is 1. The number of fused-ring (bicyclic) bond motifs is 1. The average molecular weight is 473 g/mol. The fourth-order valence-corrected chi connectivity index (χ4v) is 4.36. The van der Waals surface area contributed by atoms with E-state index in [0.717, 1.165) is 24.0 Å². The van der Waals surface area contributed by atoms with E-state index < -0.39 is 6.03 Å². The fourth-order valence-electron chi connectivity index (χ4n) is 4.10. The van der Waals surface area contributed by atoms with Crippen LogP contribution in [0, 0.1) is 17.2 Å². The number of amides is 2. The Labute approximate surface area is 200 Å². The largest absolute Gasteiger partial charge is 0.337 e. The maximum absolute atomic E-state index is 12.5. The van der Waals surface area contributed by atoms with Crippen molar-refractivity contribution in [2.24, 2.45) is 5.92 Å². The van der Waals surface area contributed by atoms with E-state index in [1.54, 1.807) is 12.3 Å². The molecule has 10 heteroatoms. The van der Waals surface area contributed by atoms with E-state index in [1.165, 1.54) is 0 Å². The summed E-state index contributed by atoms with van der Waals surface area (Å²) in [5.74, 6) is 0.519.